The van der Waals surface area contributed by atoms with Crippen molar-refractivity contribution in [2.75, 3.05) is 7.11 Å². The number of ether oxygens (including phenoxy) is 3. The van der Waals surface area contributed by atoms with E-state index >= 15 is 0 Å². The van der Waals surface area contributed by atoms with Gasteiger partial charge in [-0.3, -0.25) is 9.59 Å². The van der Waals surface area contributed by atoms with Crippen LogP contribution in [0.3, 0.4) is 0 Å². The Morgan fingerprint density at radius 1 is 0.970 bits per heavy atom. The summed E-state index contributed by atoms with van der Waals surface area (Å²) in [5.41, 5.74) is 3.28. The molecule has 0 amide bonds. The van der Waals surface area contributed by atoms with Crippen molar-refractivity contribution in [3.63, 3.8) is 0 Å². The van der Waals surface area contributed by atoms with E-state index in [1.807, 2.05) is 11.5 Å². The molecule has 3 aromatic rings. The summed E-state index contributed by atoms with van der Waals surface area (Å²) < 4.78 is 41.4. The summed E-state index contributed by atoms with van der Waals surface area (Å²) in [5.74, 6) is -0.105. The van der Waals surface area contributed by atoms with Crippen LogP contribution >= 0.6 is 0 Å². The molecule has 8 heteroatoms. The third-order valence-corrected chi connectivity index (χ3v) is 5.20. The maximum atomic E-state index is 13.0. The topological polar surface area (TPSA) is 66.8 Å². The lowest BCUT2D eigenvalue weighted by molar-refractivity contribution is -0.145. The Bertz CT molecular complexity index is 1120. The lowest BCUT2D eigenvalue weighted by Gasteiger charge is -2.14. The van der Waals surface area contributed by atoms with Crippen LogP contribution in [0.1, 0.15) is 34.2 Å². The normalized spacial score (nSPS) is 11.8. The number of carbonyl (C=O) groups is 2. The molecule has 1 heterocycles. The minimum Gasteiger partial charge on any atom is -0.497 e. The van der Waals surface area contributed by atoms with Gasteiger partial charge in [0.15, 0.2) is 6.10 Å². The van der Waals surface area contributed by atoms with Crippen LogP contribution in [0.25, 0.3) is 5.69 Å². The highest BCUT2D eigenvalue weighted by molar-refractivity contribution is 6.01. The van der Waals surface area contributed by atoms with Gasteiger partial charge in [0, 0.05) is 22.6 Å². The molecule has 0 radical (unpaired) electrons. The van der Waals surface area contributed by atoms with Crippen LogP contribution in [-0.2, 0) is 16.0 Å². The molecule has 174 valence electrons. The average Bonchev–Trinajstić information content (AvgIpc) is 3.07. The van der Waals surface area contributed by atoms with Gasteiger partial charge in [-0.2, -0.15) is 8.78 Å². The first-order chi connectivity index (χ1) is 15.7. The van der Waals surface area contributed by atoms with Gasteiger partial charge in [-0.15, -0.1) is 0 Å². The minimum absolute atomic E-state index is 0.0354. The first-order valence-corrected chi connectivity index (χ1v) is 10.3. The number of ketones is 1. The molecule has 33 heavy (non-hydrogen) atoms. The van der Waals surface area contributed by atoms with Gasteiger partial charge in [0.05, 0.1) is 13.5 Å². The molecule has 0 bridgehead atoms. The van der Waals surface area contributed by atoms with Gasteiger partial charge in [-0.1, -0.05) is 12.1 Å². The van der Waals surface area contributed by atoms with E-state index < -0.39 is 18.7 Å². The summed E-state index contributed by atoms with van der Waals surface area (Å²) in [4.78, 5) is 25.3. The van der Waals surface area contributed by atoms with Crippen LogP contribution in [0.15, 0.2) is 54.6 Å². The Morgan fingerprint density at radius 3 is 2.15 bits per heavy atom. The summed E-state index contributed by atoms with van der Waals surface area (Å²) in [5, 5.41) is 0. The summed E-state index contributed by atoms with van der Waals surface area (Å²) in [6.45, 7) is 2.24. The number of halogens is 2. The molecule has 0 aliphatic heterocycles. The number of Topliss-reactive ketones (excluding diaryl/α,β-unsaturated/α-hetero) is 1. The van der Waals surface area contributed by atoms with Gasteiger partial charge < -0.3 is 18.8 Å². The molecule has 1 aromatic heterocycles. The highest BCUT2D eigenvalue weighted by Gasteiger charge is 2.24. The standard InChI is InChI=1S/C25H25F2NO5/c1-15-13-22(16(2)28(15)19-7-11-21(12-8-19)33-25(26)27)24(30)17(3)32-23(29)14-18-5-9-20(31-4)10-6-18/h5-13,17,25H,14H2,1-4H3. The Morgan fingerprint density at radius 2 is 1.58 bits per heavy atom. The van der Waals surface area contributed by atoms with E-state index in [0.29, 0.717) is 22.7 Å². The van der Waals surface area contributed by atoms with Gasteiger partial charge in [-0.25, -0.2) is 0 Å². The van der Waals surface area contributed by atoms with E-state index in [1.165, 1.54) is 19.1 Å². The van der Waals surface area contributed by atoms with E-state index in [0.717, 1.165) is 11.3 Å². The molecular formula is C25H25F2NO5. The first kappa shape index (κ1) is 24.0. The third-order valence-electron chi connectivity index (χ3n) is 5.20. The molecule has 6 nitrogen and oxygen atoms in total. The first-order valence-electron chi connectivity index (χ1n) is 10.3. The zero-order valence-electron chi connectivity index (χ0n) is 18.8. The highest BCUT2D eigenvalue weighted by Crippen LogP contribution is 2.25. The summed E-state index contributed by atoms with van der Waals surface area (Å²) >= 11 is 0. The van der Waals surface area contributed by atoms with Crippen LogP contribution in [0, 0.1) is 13.8 Å². The van der Waals surface area contributed by atoms with Crippen LogP contribution < -0.4 is 9.47 Å². The van der Waals surface area contributed by atoms with Crippen molar-refractivity contribution in [1.29, 1.82) is 0 Å². The zero-order chi connectivity index (χ0) is 24.1. The second-order valence-electron chi connectivity index (χ2n) is 7.51. The smallest absolute Gasteiger partial charge is 0.387 e. The Labute approximate surface area is 190 Å². The molecule has 1 atom stereocenters. The van der Waals surface area contributed by atoms with Crippen molar-refractivity contribution in [2.45, 2.75) is 39.9 Å². The molecular weight excluding hydrogens is 432 g/mol. The molecule has 0 saturated carbocycles. The van der Waals surface area contributed by atoms with Crippen molar-refractivity contribution in [2.24, 2.45) is 0 Å². The predicted molar refractivity (Wildman–Crippen MR) is 118 cm³/mol. The quantitative estimate of drug-likeness (QED) is 0.332. The molecule has 0 spiro atoms. The molecule has 0 aliphatic rings. The van der Waals surface area contributed by atoms with E-state index in [2.05, 4.69) is 4.74 Å². The minimum atomic E-state index is -2.90. The Balaban J connectivity index is 1.71. The second-order valence-corrected chi connectivity index (χ2v) is 7.51. The molecule has 2 aromatic carbocycles. The summed E-state index contributed by atoms with van der Waals surface area (Å²) in [6, 6.07) is 14.9. The highest BCUT2D eigenvalue weighted by atomic mass is 19.3. The fraction of sp³-hybridized carbons (Fsp3) is 0.280. The Kier molecular flexibility index (Phi) is 7.48. The van der Waals surface area contributed by atoms with E-state index in [-0.39, 0.29) is 18.0 Å². The van der Waals surface area contributed by atoms with E-state index in [9.17, 15) is 18.4 Å². The molecule has 1 unspecified atom stereocenters. The zero-order valence-corrected chi connectivity index (χ0v) is 18.8. The maximum Gasteiger partial charge on any atom is 0.387 e. The fourth-order valence-electron chi connectivity index (χ4n) is 3.61. The fourth-order valence-corrected chi connectivity index (χ4v) is 3.61. The van der Waals surface area contributed by atoms with Gasteiger partial charge in [0.2, 0.25) is 5.78 Å². The number of hydrogen-bond acceptors (Lipinski definition) is 5. The average molecular weight is 457 g/mol. The number of nitrogens with zero attached hydrogens (tertiary/aromatic N) is 1. The van der Waals surface area contributed by atoms with Crippen LogP contribution in [-0.4, -0.2) is 36.1 Å². The van der Waals surface area contributed by atoms with E-state index in [4.69, 9.17) is 9.47 Å². The third kappa shape index (κ3) is 5.77. The van der Waals surface area contributed by atoms with Crippen LogP contribution in [0.5, 0.6) is 11.5 Å². The lowest BCUT2D eigenvalue weighted by atomic mass is 10.1. The summed E-state index contributed by atoms with van der Waals surface area (Å²) in [6.07, 6.45) is -0.931. The number of hydrogen-bond donors (Lipinski definition) is 0. The van der Waals surface area contributed by atoms with Gasteiger partial charge in [0.25, 0.3) is 0 Å². The van der Waals surface area contributed by atoms with Crippen molar-refractivity contribution in [3.05, 3.63) is 77.1 Å². The van der Waals surface area contributed by atoms with Gasteiger partial charge >= 0.3 is 12.6 Å². The van der Waals surface area contributed by atoms with Gasteiger partial charge in [0.1, 0.15) is 11.5 Å². The Hall–Kier alpha value is -3.68. The lowest BCUT2D eigenvalue weighted by Crippen LogP contribution is -2.25. The molecule has 0 saturated heterocycles. The number of carbonyl (C=O) groups excluding carboxylic acids is 2. The van der Waals surface area contributed by atoms with Crippen LogP contribution in [0.2, 0.25) is 0 Å². The predicted octanol–water partition coefficient (Wildman–Crippen LogP) is 5.06. The van der Waals surface area contributed by atoms with Crippen molar-refractivity contribution in [1.82, 2.24) is 4.57 Å². The molecule has 3 rings (SSSR count). The second kappa shape index (κ2) is 10.3. The SMILES string of the molecule is COc1ccc(CC(=O)OC(C)C(=O)c2cc(C)n(-c3ccc(OC(F)F)cc3)c2C)cc1. The number of esters is 1. The van der Waals surface area contributed by atoms with Crippen molar-refractivity contribution >= 4 is 11.8 Å². The monoisotopic (exact) mass is 457 g/mol. The number of aryl methyl sites for hydroxylation is 1. The van der Waals surface area contributed by atoms with Crippen molar-refractivity contribution in [3.8, 4) is 17.2 Å². The number of alkyl halides is 2. The number of aromatic nitrogens is 1. The van der Waals surface area contributed by atoms with E-state index in [1.54, 1.807) is 56.5 Å². The number of rotatable bonds is 9. The number of benzene rings is 2. The molecule has 0 N–H and O–H groups in total. The van der Waals surface area contributed by atoms with Crippen molar-refractivity contribution < 1.29 is 32.6 Å². The molecule has 0 fully saturated rings. The molecule has 0 aliphatic carbocycles. The van der Waals surface area contributed by atoms with Gasteiger partial charge in [-0.05, 0) is 68.8 Å². The largest absolute Gasteiger partial charge is 0.497 e. The summed E-state index contributed by atoms with van der Waals surface area (Å²) in [7, 11) is 1.56. The van der Waals surface area contributed by atoms with Crippen LogP contribution in [0.4, 0.5) is 8.78 Å². The number of methoxy groups -OCH3 is 1. The maximum absolute atomic E-state index is 13.0.